The van der Waals surface area contributed by atoms with Crippen molar-refractivity contribution in [1.29, 1.82) is 0 Å². The Morgan fingerprint density at radius 2 is 1.86 bits per heavy atom. The molecule has 1 aliphatic heterocycles. The van der Waals surface area contributed by atoms with Crippen LogP contribution >= 0.6 is 24.8 Å². The molecule has 3 N–H and O–H groups in total. The number of carbonyl (C=O) groups is 1. The molecule has 1 heterocycles. The van der Waals surface area contributed by atoms with Gasteiger partial charge in [-0.2, -0.15) is 0 Å². The van der Waals surface area contributed by atoms with E-state index in [4.69, 9.17) is 5.73 Å². The first-order valence-corrected chi connectivity index (χ1v) is 7.83. The molecule has 0 aromatic rings. The summed E-state index contributed by atoms with van der Waals surface area (Å²) in [6.07, 6.45) is 5.39. The van der Waals surface area contributed by atoms with Gasteiger partial charge in [0.05, 0.1) is 5.41 Å². The number of carbonyl (C=O) groups excluding carboxylic acids is 1. The number of hydrogen-bond donors (Lipinski definition) is 2. The van der Waals surface area contributed by atoms with Crippen LogP contribution in [0, 0.1) is 5.41 Å². The summed E-state index contributed by atoms with van der Waals surface area (Å²) in [7, 11) is 0. The molecule has 1 saturated heterocycles. The average Bonchev–Trinajstić information content (AvgIpc) is 3.17. The van der Waals surface area contributed by atoms with Crippen LogP contribution in [0.5, 0.6) is 0 Å². The number of amides is 1. The largest absolute Gasteiger partial charge is 0.351 e. The van der Waals surface area contributed by atoms with Crippen molar-refractivity contribution in [3.8, 4) is 0 Å². The molecule has 1 aliphatic carbocycles. The van der Waals surface area contributed by atoms with Crippen LogP contribution in [0.4, 0.5) is 0 Å². The van der Waals surface area contributed by atoms with Crippen molar-refractivity contribution in [1.82, 2.24) is 10.2 Å². The van der Waals surface area contributed by atoms with Crippen LogP contribution in [0.15, 0.2) is 0 Å². The Balaban J connectivity index is 0.00000200. The highest BCUT2D eigenvalue weighted by Gasteiger charge is 2.41. The predicted octanol–water partition coefficient (Wildman–Crippen LogP) is 2.34. The van der Waals surface area contributed by atoms with E-state index >= 15 is 0 Å². The van der Waals surface area contributed by atoms with Gasteiger partial charge < -0.3 is 11.1 Å². The summed E-state index contributed by atoms with van der Waals surface area (Å²) in [6, 6.07) is 1.70. The van der Waals surface area contributed by atoms with E-state index in [1.807, 2.05) is 0 Å². The van der Waals surface area contributed by atoms with Gasteiger partial charge in [-0.25, -0.2) is 0 Å². The summed E-state index contributed by atoms with van der Waals surface area (Å²) in [5.74, 6) is 0.162. The molecule has 21 heavy (non-hydrogen) atoms. The molecular formula is C15H31Cl2N3O. The summed E-state index contributed by atoms with van der Waals surface area (Å²) in [5.41, 5.74) is 5.48. The van der Waals surface area contributed by atoms with Gasteiger partial charge in [-0.1, -0.05) is 13.8 Å². The minimum Gasteiger partial charge on any atom is -0.351 e. The lowest BCUT2D eigenvalue weighted by Crippen LogP contribution is -2.49. The monoisotopic (exact) mass is 339 g/mol. The van der Waals surface area contributed by atoms with Gasteiger partial charge in [0, 0.05) is 31.2 Å². The third-order valence-electron chi connectivity index (χ3n) is 5.20. The second kappa shape index (κ2) is 8.56. The van der Waals surface area contributed by atoms with E-state index < -0.39 is 0 Å². The maximum atomic E-state index is 12.5. The molecule has 2 aliphatic rings. The topological polar surface area (TPSA) is 58.4 Å². The van der Waals surface area contributed by atoms with Gasteiger partial charge >= 0.3 is 0 Å². The van der Waals surface area contributed by atoms with E-state index in [1.165, 1.54) is 12.8 Å². The summed E-state index contributed by atoms with van der Waals surface area (Å²) in [4.78, 5) is 15.1. The SMILES string of the molecule is CCC(CC)(CN)C(=O)NC1CC(C)N(C2CC2)C1.Cl.Cl. The number of nitrogens with two attached hydrogens (primary N) is 1. The molecule has 0 bridgehead atoms. The van der Waals surface area contributed by atoms with E-state index in [1.54, 1.807) is 0 Å². The summed E-state index contributed by atoms with van der Waals surface area (Å²) in [5, 5.41) is 3.26. The van der Waals surface area contributed by atoms with Crippen LogP contribution in [-0.4, -0.2) is 42.0 Å². The molecule has 126 valence electrons. The molecule has 4 nitrogen and oxygen atoms in total. The molecule has 2 rings (SSSR count). The third-order valence-corrected chi connectivity index (χ3v) is 5.20. The van der Waals surface area contributed by atoms with E-state index in [0.29, 0.717) is 18.6 Å². The fourth-order valence-electron chi connectivity index (χ4n) is 3.37. The van der Waals surface area contributed by atoms with Gasteiger partial charge in [0.15, 0.2) is 0 Å². The highest BCUT2D eigenvalue weighted by Crippen LogP contribution is 2.34. The number of likely N-dealkylation sites (tertiary alicyclic amines) is 1. The second-order valence-electron chi connectivity index (χ2n) is 6.37. The Hall–Kier alpha value is -0.0300. The maximum absolute atomic E-state index is 12.5. The Labute approximate surface area is 141 Å². The van der Waals surface area contributed by atoms with Crippen LogP contribution in [-0.2, 0) is 4.79 Å². The number of nitrogens with one attached hydrogen (secondary N) is 1. The molecule has 0 aromatic heterocycles. The molecule has 2 fully saturated rings. The zero-order valence-electron chi connectivity index (χ0n) is 13.4. The molecule has 0 aromatic carbocycles. The molecule has 2 atom stereocenters. The number of halogens is 2. The average molecular weight is 340 g/mol. The van der Waals surface area contributed by atoms with E-state index in [0.717, 1.165) is 31.8 Å². The van der Waals surface area contributed by atoms with Crippen molar-refractivity contribution in [2.24, 2.45) is 11.1 Å². The lowest BCUT2D eigenvalue weighted by molar-refractivity contribution is -0.131. The van der Waals surface area contributed by atoms with Crippen LogP contribution in [0.1, 0.15) is 52.9 Å². The molecule has 1 saturated carbocycles. The standard InChI is InChI=1S/C15H29N3O.2ClH/c1-4-15(5-2,10-16)14(19)17-12-8-11(3)18(9-12)13-6-7-13;;/h11-13H,4-10,16H2,1-3H3,(H,17,19);2*1H. The van der Waals surface area contributed by atoms with Crippen molar-refractivity contribution < 1.29 is 4.79 Å². The predicted molar refractivity (Wildman–Crippen MR) is 92.3 cm³/mol. The summed E-state index contributed by atoms with van der Waals surface area (Å²) in [6.45, 7) is 7.86. The Morgan fingerprint density at radius 3 is 2.29 bits per heavy atom. The van der Waals surface area contributed by atoms with Gasteiger partial charge in [-0.3, -0.25) is 9.69 Å². The van der Waals surface area contributed by atoms with E-state index in [-0.39, 0.29) is 36.1 Å². The lowest BCUT2D eigenvalue weighted by atomic mass is 9.81. The highest BCUT2D eigenvalue weighted by molar-refractivity contribution is 5.85. The summed E-state index contributed by atoms with van der Waals surface area (Å²) < 4.78 is 0. The highest BCUT2D eigenvalue weighted by atomic mass is 35.5. The van der Waals surface area contributed by atoms with Gasteiger partial charge in [-0.05, 0) is 39.0 Å². The zero-order chi connectivity index (χ0) is 14.0. The minimum atomic E-state index is -0.365. The smallest absolute Gasteiger partial charge is 0.227 e. The molecule has 1 amide bonds. The second-order valence-corrected chi connectivity index (χ2v) is 6.37. The Kier molecular flexibility index (Phi) is 8.55. The van der Waals surface area contributed by atoms with E-state index in [9.17, 15) is 4.79 Å². The van der Waals surface area contributed by atoms with Gasteiger partial charge in [0.2, 0.25) is 5.91 Å². The Morgan fingerprint density at radius 1 is 1.29 bits per heavy atom. The van der Waals surface area contributed by atoms with Crippen LogP contribution in [0.25, 0.3) is 0 Å². The maximum Gasteiger partial charge on any atom is 0.227 e. The normalized spacial score (nSPS) is 25.9. The lowest BCUT2D eigenvalue weighted by Gasteiger charge is -2.30. The van der Waals surface area contributed by atoms with Crippen LogP contribution < -0.4 is 11.1 Å². The number of rotatable bonds is 6. The first kappa shape index (κ1) is 21.0. The van der Waals surface area contributed by atoms with Crippen molar-refractivity contribution in [2.45, 2.75) is 71.0 Å². The van der Waals surface area contributed by atoms with Crippen LogP contribution in [0.3, 0.4) is 0 Å². The van der Waals surface area contributed by atoms with Gasteiger partial charge in [0.1, 0.15) is 0 Å². The fraction of sp³-hybridized carbons (Fsp3) is 0.933. The molecule has 2 unspecified atom stereocenters. The number of hydrogen-bond acceptors (Lipinski definition) is 3. The first-order chi connectivity index (χ1) is 9.06. The quantitative estimate of drug-likeness (QED) is 0.780. The third kappa shape index (κ3) is 4.47. The molecular weight excluding hydrogens is 309 g/mol. The first-order valence-electron chi connectivity index (χ1n) is 7.83. The Bertz CT molecular complexity index is 325. The van der Waals surface area contributed by atoms with Gasteiger partial charge in [-0.15, -0.1) is 24.8 Å². The minimum absolute atomic E-state index is 0. The molecule has 0 spiro atoms. The van der Waals surface area contributed by atoms with Crippen molar-refractivity contribution >= 4 is 30.7 Å². The van der Waals surface area contributed by atoms with E-state index in [2.05, 4.69) is 31.0 Å². The molecule has 6 heteroatoms. The van der Waals surface area contributed by atoms with Crippen molar-refractivity contribution in [3.63, 3.8) is 0 Å². The number of nitrogens with zero attached hydrogens (tertiary/aromatic N) is 1. The molecule has 0 radical (unpaired) electrons. The zero-order valence-corrected chi connectivity index (χ0v) is 15.1. The summed E-state index contributed by atoms with van der Waals surface area (Å²) >= 11 is 0. The van der Waals surface area contributed by atoms with Crippen LogP contribution in [0.2, 0.25) is 0 Å². The van der Waals surface area contributed by atoms with Gasteiger partial charge in [0.25, 0.3) is 0 Å². The van der Waals surface area contributed by atoms with Crippen molar-refractivity contribution in [3.05, 3.63) is 0 Å². The fourth-order valence-corrected chi connectivity index (χ4v) is 3.37. The van der Waals surface area contributed by atoms with Crippen molar-refractivity contribution in [2.75, 3.05) is 13.1 Å².